The van der Waals surface area contributed by atoms with E-state index in [1.807, 2.05) is 17.5 Å². The number of nitrogens with zero attached hydrogens (tertiary/aromatic N) is 3. The van der Waals surface area contributed by atoms with Crippen LogP contribution in [0.1, 0.15) is 36.1 Å². The summed E-state index contributed by atoms with van der Waals surface area (Å²) < 4.78 is 0. The van der Waals surface area contributed by atoms with Crippen molar-refractivity contribution < 1.29 is 4.92 Å². The number of aryl methyl sites for hydroxylation is 1. The first-order valence-corrected chi connectivity index (χ1v) is 9.47. The van der Waals surface area contributed by atoms with E-state index in [1.54, 1.807) is 11.3 Å². The lowest BCUT2D eigenvalue weighted by atomic mass is 9.96. The van der Waals surface area contributed by atoms with Crippen LogP contribution in [0.3, 0.4) is 0 Å². The number of rotatable bonds is 2. The Morgan fingerprint density at radius 2 is 2.12 bits per heavy atom. The molecule has 0 aliphatic heterocycles. The maximum absolute atomic E-state index is 11.4. The topological polar surface area (TPSA) is 79.8 Å². The van der Waals surface area contributed by atoms with Crippen molar-refractivity contribution in [2.24, 2.45) is 0 Å². The third kappa shape index (κ3) is 2.30. The molecular weight excluding hydrogens is 342 g/mol. The summed E-state index contributed by atoms with van der Waals surface area (Å²) in [6.45, 7) is 0. The molecule has 0 saturated carbocycles. The summed E-state index contributed by atoms with van der Waals surface area (Å²) in [7, 11) is 0. The van der Waals surface area contributed by atoms with Crippen LogP contribution < -0.4 is 0 Å². The van der Waals surface area contributed by atoms with E-state index in [0.717, 1.165) is 53.2 Å². The van der Waals surface area contributed by atoms with Gasteiger partial charge in [-0.2, -0.15) is 5.26 Å². The molecule has 4 rings (SSSR count). The van der Waals surface area contributed by atoms with Crippen LogP contribution in [0.15, 0.2) is 17.5 Å². The van der Waals surface area contributed by atoms with Gasteiger partial charge in [-0.1, -0.05) is 12.5 Å². The van der Waals surface area contributed by atoms with Crippen molar-refractivity contribution in [2.75, 3.05) is 0 Å². The van der Waals surface area contributed by atoms with Gasteiger partial charge in [-0.25, -0.2) is 4.98 Å². The first-order chi connectivity index (χ1) is 11.7. The Labute approximate surface area is 146 Å². The van der Waals surface area contributed by atoms with Crippen LogP contribution in [0.4, 0.5) is 5.00 Å². The SMILES string of the molecule is N#Cc1c([N+](=O)[O-])sc2nc3c(c(-c4cccs4)c12)CCCCC3. The fourth-order valence-corrected chi connectivity index (χ4v) is 5.15. The van der Waals surface area contributed by atoms with Gasteiger partial charge >= 0.3 is 5.00 Å². The fraction of sp³-hybridized carbons (Fsp3) is 0.294. The lowest BCUT2D eigenvalue weighted by Crippen LogP contribution is -1.99. The van der Waals surface area contributed by atoms with E-state index < -0.39 is 4.92 Å². The molecule has 0 saturated heterocycles. The van der Waals surface area contributed by atoms with Crippen molar-refractivity contribution in [1.29, 1.82) is 5.26 Å². The summed E-state index contributed by atoms with van der Waals surface area (Å²) in [4.78, 5) is 17.3. The average Bonchev–Trinajstić information content (AvgIpc) is 3.15. The fourth-order valence-electron chi connectivity index (χ4n) is 3.38. The standard InChI is InChI=1S/C17H13N3O2S2/c18-9-11-15-14(13-7-4-8-23-13)10-5-2-1-3-6-12(10)19-16(15)24-17(11)20(21)22/h4,7-8H,1-3,5-6H2. The van der Waals surface area contributed by atoms with E-state index in [4.69, 9.17) is 4.98 Å². The second-order valence-corrected chi connectivity index (χ2v) is 7.71. The normalized spacial score (nSPS) is 14.1. The van der Waals surface area contributed by atoms with E-state index in [1.165, 1.54) is 12.0 Å². The van der Waals surface area contributed by atoms with Crippen molar-refractivity contribution in [3.05, 3.63) is 44.4 Å². The van der Waals surface area contributed by atoms with Crippen molar-refractivity contribution in [2.45, 2.75) is 32.1 Å². The van der Waals surface area contributed by atoms with Crippen LogP contribution in [0.2, 0.25) is 0 Å². The average molecular weight is 355 g/mol. The molecule has 7 heteroatoms. The van der Waals surface area contributed by atoms with Gasteiger partial charge in [0, 0.05) is 21.5 Å². The van der Waals surface area contributed by atoms with Crippen LogP contribution in [-0.4, -0.2) is 9.91 Å². The van der Waals surface area contributed by atoms with Crippen molar-refractivity contribution in [3.8, 4) is 16.5 Å². The van der Waals surface area contributed by atoms with E-state index in [0.29, 0.717) is 10.2 Å². The van der Waals surface area contributed by atoms with Gasteiger partial charge in [0.15, 0.2) is 5.56 Å². The molecule has 24 heavy (non-hydrogen) atoms. The molecule has 0 amide bonds. The Kier molecular flexibility index (Phi) is 3.79. The Bertz CT molecular complexity index is 984. The Morgan fingerprint density at radius 3 is 2.83 bits per heavy atom. The summed E-state index contributed by atoms with van der Waals surface area (Å²) in [5, 5.41) is 23.5. The Balaban J connectivity index is 2.16. The number of nitriles is 1. The second-order valence-electron chi connectivity index (χ2n) is 5.78. The summed E-state index contributed by atoms with van der Waals surface area (Å²) in [6, 6.07) is 6.06. The number of fused-ring (bicyclic) bond motifs is 2. The van der Waals surface area contributed by atoms with E-state index in [-0.39, 0.29) is 10.6 Å². The Hall–Kier alpha value is -2.30. The molecule has 0 unspecified atom stereocenters. The van der Waals surface area contributed by atoms with Gasteiger partial charge in [0.25, 0.3) is 0 Å². The van der Waals surface area contributed by atoms with Gasteiger partial charge in [0.1, 0.15) is 10.9 Å². The molecule has 0 atom stereocenters. The molecule has 0 N–H and O–H groups in total. The van der Waals surface area contributed by atoms with Gasteiger partial charge in [-0.3, -0.25) is 10.1 Å². The van der Waals surface area contributed by atoms with Crippen LogP contribution in [0, 0.1) is 21.4 Å². The summed E-state index contributed by atoms with van der Waals surface area (Å²) >= 11 is 2.62. The summed E-state index contributed by atoms with van der Waals surface area (Å²) in [6.07, 6.45) is 5.16. The molecule has 3 aromatic rings. The first-order valence-electron chi connectivity index (χ1n) is 7.77. The minimum atomic E-state index is -0.464. The highest BCUT2D eigenvalue weighted by atomic mass is 32.1. The summed E-state index contributed by atoms with van der Waals surface area (Å²) in [5.41, 5.74) is 3.37. The number of aromatic nitrogens is 1. The molecule has 3 heterocycles. The molecule has 1 aliphatic rings. The highest BCUT2D eigenvalue weighted by Crippen LogP contribution is 2.45. The molecule has 0 radical (unpaired) electrons. The monoisotopic (exact) mass is 355 g/mol. The zero-order valence-corrected chi connectivity index (χ0v) is 14.4. The van der Waals surface area contributed by atoms with Crippen LogP contribution in [0.25, 0.3) is 20.7 Å². The first kappa shape index (κ1) is 15.2. The van der Waals surface area contributed by atoms with Gasteiger partial charge in [0.05, 0.1) is 4.92 Å². The highest BCUT2D eigenvalue weighted by Gasteiger charge is 2.28. The third-order valence-electron chi connectivity index (χ3n) is 4.39. The molecule has 0 spiro atoms. The van der Waals surface area contributed by atoms with Gasteiger partial charge in [-0.15, -0.1) is 11.3 Å². The molecule has 120 valence electrons. The predicted octanol–water partition coefficient (Wildman–Crippen LogP) is 5.07. The lowest BCUT2D eigenvalue weighted by molar-refractivity contribution is -0.380. The molecule has 0 bridgehead atoms. The quantitative estimate of drug-likeness (QED) is 0.365. The molecule has 0 fully saturated rings. The molecule has 1 aliphatic carbocycles. The van der Waals surface area contributed by atoms with Crippen LogP contribution in [-0.2, 0) is 12.8 Å². The predicted molar refractivity (Wildman–Crippen MR) is 95.6 cm³/mol. The number of nitro groups is 1. The van der Waals surface area contributed by atoms with E-state index in [2.05, 4.69) is 6.07 Å². The van der Waals surface area contributed by atoms with Crippen LogP contribution >= 0.6 is 22.7 Å². The van der Waals surface area contributed by atoms with Gasteiger partial charge < -0.3 is 0 Å². The summed E-state index contributed by atoms with van der Waals surface area (Å²) in [5.74, 6) is 0. The van der Waals surface area contributed by atoms with Gasteiger partial charge in [0.2, 0.25) is 0 Å². The van der Waals surface area contributed by atoms with E-state index >= 15 is 0 Å². The minimum absolute atomic E-state index is 0.0991. The number of pyridine rings is 1. The van der Waals surface area contributed by atoms with Gasteiger partial charge in [-0.05, 0) is 54.0 Å². The number of hydrogen-bond acceptors (Lipinski definition) is 6. The smallest absolute Gasteiger partial charge is 0.258 e. The van der Waals surface area contributed by atoms with Crippen molar-refractivity contribution >= 4 is 37.9 Å². The maximum atomic E-state index is 11.4. The molecule has 5 nitrogen and oxygen atoms in total. The second kappa shape index (κ2) is 5.96. The minimum Gasteiger partial charge on any atom is -0.258 e. The number of hydrogen-bond donors (Lipinski definition) is 0. The zero-order chi connectivity index (χ0) is 16.7. The Morgan fingerprint density at radius 1 is 1.29 bits per heavy atom. The number of thiophene rings is 2. The largest absolute Gasteiger partial charge is 0.344 e. The maximum Gasteiger partial charge on any atom is 0.344 e. The van der Waals surface area contributed by atoms with Crippen LogP contribution in [0.5, 0.6) is 0 Å². The van der Waals surface area contributed by atoms with Crippen molar-refractivity contribution in [1.82, 2.24) is 4.98 Å². The zero-order valence-electron chi connectivity index (χ0n) is 12.7. The molecule has 0 aromatic carbocycles. The molecule has 3 aromatic heterocycles. The van der Waals surface area contributed by atoms with Crippen molar-refractivity contribution in [3.63, 3.8) is 0 Å². The lowest BCUT2D eigenvalue weighted by Gasteiger charge is -2.12. The van der Waals surface area contributed by atoms with E-state index in [9.17, 15) is 15.4 Å². The molecular formula is C17H13N3O2S2. The highest BCUT2D eigenvalue weighted by molar-refractivity contribution is 7.22. The third-order valence-corrected chi connectivity index (χ3v) is 6.32.